The van der Waals surface area contributed by atoms with Crippen LogP contribution < -0.4 is 25.6 Å². The lowest BCUT2D eigenvalue weighted by Crippen LogP contribution is -2.62. The topological polar surface area (TPSA) is 123 Å². The van der Waals surface area contributed by atoms with Crippen LogP contribution in [-0.2, 0) is 9.59 Å². The molecule has 3 fully saturated rings. The molecule has 4 N–H and O–H groups in total. The zero-order valence-corrected chi connectivity index (χ0v) is 23.3. The lowest BCUT2D eigenvalue weighted by molar-refractivity contribution is -0.127. The van der Waals surface area contributed by atoms with Crippen molar-refractivity contribution in [1.82, 2.24) is 20.9 Å². The SMILES string of the molecule is O=C(NC1CCN(C(=O)/C=C/CO)CC1)C1=C2NC(=O)N(c3ccc(Oc4ccccc4)cc3)C3CCNC(S1)C23. The molecule has 3 atom stereocenters. The van der Waals surface area contributed by atoms with Crippen molar-refractivity contribution in [3.8, 4) is 11.5 Å². The van der Waals surface area contributed by atoms with Gasteiger partial charge in [0.1, 0.15) is 11.5 Å². The Morgan fingerprint density at radius 2 is 1.78 bits per heavy atom. The Hall–Kier alpha value is -3.80. The van der Waals surface area contributed by atoms with E-state index in [1.807, 2.05) is 59.5 Å². The maximum atomic E-state index is 13.5. The van der Waals surface area contributed by atoms with Gasteiger partial charge in [-0.25, -0.2) is 4.79 Å². The Morgan fingerprint density at radius 3 is 2.51 bits per heavy atom. The van der Waals surface area contributed by atoms with Crippen molar-refractivity contribution in [2.24, 2.45) is 5.92 Å². The number of para-hydroxylation sites is 1. The number of anilines is 1. The summed E-state index contributed by atoms with van der Waals surface area (Å²) in [6.07, 6.45) is 4.88. The summed E-state index contributed by atoms with van der Waals surface area (Å²) in [5, 5.41) is 18.6. The molecule has 10 nitrogen and oxygen atoms in total. The van der Waals surface area contributed by atoms with Gasteiger partial charge in [0.2, 0.25) is 5.91 Å². The van der Waals surface area contributed by atoms with Crippen LogP contribution in [0.4, 0.5) is 10.5 Å². The third kappa shape index (κ3) is 5.70. The molecular formula is C30H33N5O5S. The highest BCUT2D eigenvalue weighted by molar-refractivity contribution is 8.04. The molecule has 2 aromatic rings. The zero-order valence-electron chi connectivity index (χ0n) is 22.5. The summed E-state index contributed by atoms with van der Waals surface area (Å²) >= 11 is 1.48. The highest BCUT2D eigenvalue weighted by Crippen LogP contribution is 2.48. The Morgan fingerprint density at radius 1 is 1.05 bits per heavy atom. The number of hydrogen-bond donors (Lipinski definition) is 4. The van der Waals surface area contributed by atoms with Gasteiger partial charge in [-0.15, -0.1) is 0 Å². The fourth-order valence-electron chi connectivity index (χ4n) is 5.98. The van der Waals surface area contributed by atoms with Gasteiger partial charge in [-0.05, 0) is 62.2 Å². The number of thioether (sulfide) groups is 1. The molecule has 0 spiro atoms. The third-order valence-corrected chi connectivity index (χ3v) is 9.30. The normalized spacial score (nSPS) is 24.3. The molecule has 6 rings (SSSR count). The van der Waals surface area contributed by atoms with E-state index >= 15 is 0 Å². The van der Waals surface area contributed by atoms with Crippen molar-refractivity contribution >= 4 is 35.3 Å². The van der Waals surface area contributed by atoms with E-state index in [0.717, 1.165) is 24.4 Å². The summed E-state index contributed by atoms with van der Waals surface area (Å²) in [6, 6.07) is 16.7. The Balaban J connectivity index is 1.13. The molecule has 11 heteroatoms. The summed E-state index contributed by atoms with van der Waals surface area (Å²) in [5.41, 5.74) is 1.48. The number of ether oxygens (including phenoxy) is 1. The van der Waals surface area contributed by atoms with Crippen molar-refractivity contribution in [2.75, 3.05) is 31.1 Å². The molecule has 0 aromatic heterocycles. The molecule has 0 radical (unpaired) electrons. The van der Waals surface area contributed by atoms with Crippen LogP contribution in [0.5, 0.6) is 11.5 Å². The first kappa shape index (κ1) is 27.4. The summed E-state index contributed by atoms with van der Waals surface area (Å²) < 4.78 is 5.92. The predicted molar refractivity (Wildman–Crippen MR) is 156 cm³/mol. The highest BCUT2D eigenvalue weighted by atomic mass is 32.2. The van der Waals surface area contributed by atoms with Gasteiger partial charge in [0.25, 0.3) is 5.91 Å². The number of nitrogens with zero attached hydrogens (tertiary/aromatic N) is 2. The minimum absolute atomic E-state index is 0.00827. The van der Waals surface area contributed by atoms with Gasteiger partial charge in [-0.1, -0.05) is 36.0 Å². The van der Waals surface area contributed by atoms with E-state index in [9.17, 15) is 14.4 Å². The lowest BCUT2D eigenvalue weighted by Gasteiger charge is -2.45. The summed E-state index contributed by atoms with van der Waals surface area (Å²) in [4.78, 5) is 43.2. The molecule has 4 amide bonds. The number of carbonyl (C=O) groups excluding carboxylic acids is 3. The van der Waals surface area contributed by atoms with Crippen LogP contribution in [0.1, 0.15) is 19.3 Å². The number of aliphatic hydroxyl groups is 1. The molecule has 214 valence electrons. The van der Waals surface area contributed by atoms with E-state index in [4.69, 9.17) is 9.84 Å². The molecule has 4 aliphatic heterocycles. The largest absolute Gasteiger partial charge is 0.457 e. The minimum Gasteiger partial charge on any atom is -0.457 e. The molecule has 0 aliphatic carbocycles. The summed E-state index contributed by atoms with van der Waals surface area (Å²) in [5.74, 6) is 1.09. The number of piperidine rings is 2. The van der Waals surface area contributed by atoms with Crippen LogP contribution in [0.3, 0.4) is 0 Å². The van der Waals surface area contributed by atoms with Gasteiger partial charge in [-0.2, -0.15) is 0 Å². The Labute approximate surface area is 242 Å². The number of urea groups is 1. The predicted octanol–water partition coefficient (Wildman–Crippen LogP) is 2.93. The molecule has 0 saturated carbocycles. The molecule has 3 saturated heterocycles. The molecule has 4 heterocycles. The summed E-state index contributed by atoms with van der Waals surface area (Å²) in [6.45, 7) is 1.65. The Bertz CT molecular complexity index is 1360. The van der Waals surface area contributed by atoms with E-state index in [1.54, 1.807) is 4.90 Å². The Kier molecular flexibility index (Phi) is 8.00. The fourth-order valence-corrected chi connectivity index (χ4v) is 7.38. The van der Waals surface area contributed by atoms with Gasteiger partial charge in [0, 0.05) is 42.5 Å². The number of aliphatic hydroxyl groups excluding tert-OH is 1. The standard InChI is InChI=1S/C30H33N5O5S/c36-18-4-7-24(37)34-16-13-19(14-17-34)32-28(38)27-26-25-23(12-15-31-29(25)41-27)35(30(39)33-26)20-8-10-22(11-9-20)40-21-5-2-1-3-6-21/h1-11,19,23,25,29,31,36H,12-18H2,(H,32,38)(H,33,39)/b7-4+. The van der Waals surface area contributed by atoms with E-state index < -0.39 is 0 Å². The average molecular weight is 576 g/mol. The molecule has 41 heavy (non-hydrogen) atoms. The maximum Gasteiger partial charge on any atom is 0.326 e. The first-order chi connectivity index (χ1) is 20.0. The first-order valence-electron chi connectivity index (χ1n) is 14.0. The molecule has 4 aliphatic rings. The van der Waals surface area contributed by atoms with Crippen LogP contribution in [0.2, 0.25) is 0 Å². The van der Waals surface area contributed by atoms with Gasteiger partial charge in [0.15, 0.2) is 0 Å². The average Bonchev–Trinajstić information content (AvgIpc) is 3.37. The quantitative estimate of drug-likeness (QED) is 0.375. The van der Waals surface area contributed by atoms with Crippen LogP contribution in [0.15, 0.2) is 77.4 Å². The van der Waals surface area contributed by atoms with Crippen LogP contribution in [0, 0.1) is 5.92 Å². The number of amides is 4. The van der Waals surface area contributed by atoms with Gasteiger partial charge in [-0.3, -0.25) is 14.5 Å². The van der Waals surface area contributed by atoms with E-state index in [1.165, 1.54) is 23.9 Å². The number of carbonyl (C=O) groups is 3. The van der Waals surface area contributed by atoms with Gasteiger partial charge >= 0.3 is 6.03 Å². The monoisotopic (exact) mass is 575 g/mol. The zero-order chi connectivity index (χ0) is 28.3. The van der Waals surface area contributed by atoms with Gasteiger partial charge in [0.05, 0.1) is 22.9 Å². The van der Waals surface area contributed by atoms with Gasteiger partial charge < -0.3 is 30.7 Å². The van der Waals surface area contributed by atoms with Crippen LogP contribution >= 0.6 is 11.8 Å². The minimum atomic E-state index is -0.241. The van der Waals surface area contributed by atoms with E-state index in [0.29, 0.717) is 42.3 Å². The second-order valence-corrected chi connectivity index (χ2v) is 11.6. The molecule has 2 aromatic carbocycles. The van der Waals surface area contributed by atoms with E-state index in [-0.39, 0.29) is 47.8 Å². The second-order valence-electron chi connectivity index (χ2n) is 10.5. The van der Waals surface area contributed by atoms with Crippen molar-refractivity contribution in [3.05, 3.63) is 77.4 Å². The molecule has 0 bridgehead atoms. The number of benzene rings is 2. The van der Waals surface area contributed by atoms with Crippen molar-refractivity contribution < 1.29 is 24.2 Å². The van der Waals surface area contributed by atoms with Crippen molar-refractivity contribution in [2.45, 2.75) is 36.7 Å². The second kappa shape index (κ2) is 12.0. The number of nitrogens with one attached hydrogen (secondary N) is 3. The number of rotatable bonds is 7. The van der Waals surface area contributed by atoms with Crippen molar-refractivity contribution in [3.63, 3.8) is 0 Å². The maximum absolute atomic E-state index is 13.5. The third-order valence-electron chi connectivity index (χ3n) is 7.95. The van der Waals surface area contributed by atoms with Crippen LogP contribution in [0.25, 0.3) is 0 Å². The van der Waals surface area contributed by atoms with E-state index in [2.05, 4.69) is 16.0 Å². The molecule has 3 unspecified atom stereocenters. The number of likely N-dealkylation sites (tertiary alicyclic amines) is 1. The highest BCUT2D eigenvalue weighted by Gasteiger charge is 2.51. The summed E-state index contributed by atoms with van der Waals surface area (Å²) in [7, 11) is 0. The van der Waals surface area contributed by atoms with Crippen LogP contribution in [-0.4, -0.2) is 71.6 Å². The lowest BCUT2D eigenvalue weighted by atomic mass is 9.86. The first-order valence-corrected chi connectivity index (χ1v) is 14.8. The number of hydrogen-bond acceptors (Lipinski definition) is 7. The fraction of sp³-hybridized carbons (Fsp3) is 0.367. The smallest absolute Gasteiger partial charge is 0.326 e. The molecular weight excluding hydrogens is 542 g/mol. The van der Waals surface area contributed by atoms with Crippen molar-refractivity contribution in [1.29, 1.82) is 0 Å².